The Morgan fingerprint density at radius 2 is 2.24 bits per heavy atom. The van der Waals surface area contributed by atoms with Gasteiger partial charge >= 0.3 is 0 Å². The van der Waals surface area contributed by atoms with Gasteiger partial charge in [-0.2, -0.15) is 0 Å². The van der Waals surface area contributed by atoms with Crippen LogP contribution in [0.1, 0.15) is 15.4 Å². The summed E-state index contributed by atoms with van der Waals surface area (Å²) in [7, 11) is 0. The van der Waals surface area contributed by atoms with E-state index < -0.39 is 0 Å². The highest BCUT2D eigenvalue weighted by molar-refractivity contribution is 7.09. The molecule has 2 aromatic heterocycles. The van der Waals surface area contributed by atoms with E-state index in [0.717, 1.165) is 4.88 Å². The number of amides is 1. The molecule has 17 heavy (non-hydrogen) atoms. The van der Waals surface area contributed by atoms with Crippen LogP contribution in [0.15, 0.2) is 35.7 Å². The Balaban J connectivity index is 1.99. The highest BCUT2D eigenvalue weighted by atomic mass is 32.1. The maximum Gasteiger partial charge on any atom is 0.270 e. The number of rotatable bonds is 4. The summed E-state index contributed by atoms with van der Waals surface area (Å²) in [4.78, 5) is 16.9. The third kappa shape index (κ3) is 3.02. The minimum absolute atomic E-state index is 0.212. The van der Waals surface area contributed by atoms with E-state index in [-0.39, 0.29) is 5.91 Å². The molecular formula is C11H12N4OS. The molecule has 0 aliphatic carbocycles. The van der Waals surface area contributed by atoms with Gasteiger partial charge in [0, 0.05) is 4.88 Å². The van der Waals surface area contributed by atoms with E-state index in [9.17, 15) is 4.79 Å². The van der Waals surface area contributed by atoms with Crippen LogP contribution < -0.4 is 16.6 Å². The summed E-state index contributed by atoms with van der Waals surface area (Å²) in [6.07, 6.45) is 0. The zero-order valence-corrected chi connectivity index (χ0v) is 9.83. The number of anilines is 1. The Morgan fingerprint density at radius 3 is 2.94 bits per heavy atom. The Bertz CT molecular complexity index is 498. The van der Waals surface area contributed by atoms with Gasteiger partial charge in [0.25, 0.3) is 5.91 Å². The topological polar surface area (TPSA) is 80.0 Å². The number of nitrogens with zero attached hydrogens (tertiary/aromatic N) is 1. The number of hydrogen-bond donors (Lipinski definition) is 3. The van der Waals surface area contributed by atoms with Gasteiger partial charge in [0.05, 0.1) is 6.54 Å². The third-order valence-electron chi connectivity index (χ3n) is 2.13. The summed E-state index contributed by atoms with van der Waals surface area (Å²) in [6.45, 7) is 0.512. The Labute approximate surface area is 103 Å². The molecule has 4 N–H and O–H groups in total. The van der Waals surface area contributed by atoms with E-state index in [1.807, 2.05) is 17.5 Å². The number of thiophene rings is 1. The lowest BCUT2D eigenvalue weighted by atomic mass is 10.3. The van der Waals surface area contributed by atoms with Gasteiger partial charge in [0.1, 0.15) is 11.5 Å². The number of nitrogens with two attached hydrogens (primary N) is 1. The number of carbonyl (C=O) groups excluding carboxylic acids is 1. The van der Waals surface area contributed by atoms with Gasteiger partial charge in [0.15, 0.2) is 0 Å². The first kappa shape index (κ1) is 11.6. The molecule has 0 bridgehead atoms. The lowest BCUT2D eigenvalue weighted by Gasteiger charge is -2.04. The van der Waals surface area contributed by atoms with Crippen molar-refractivity contribution in [3.8, 4) is 0 Å². The first-order valence-electron chi connectivity index (χ1n) is 5.04. The molecule has 0 spiro atoms. The molecule has 0 radical (unpaired) electrons. The van der Waals surface area contributed by atoms with Crippen LogP contribution in [0.3, 0.4) is 0 Å². The number of carbonyl (C=O) groups is 1. The molecule has 0 saturated carbocycles. The van der Waals surface area contributed by atoms with Crippen molar-refractivity contribution < 1.29 is 4.79 Å². The fourth-order valence-corrected chi connectivity index (χ4v) is 1.96. The summed E-state index contributed by atoms with van der Waals surface area (Å²) >= 11 is 1.60. The van der Waals surface area contributed by atoms with Gasteiger partial charge in [-0.1, -0.05) is 12.1 Å². The number of nitrogen functional groups attached to an aromatic ring is 1. The predicted molar refractivity (Wildman–Crippen MR) is 67.5 cm³/mol. The standard InChI is InChI=1S/C11H12N4OS/c12-15-10-5-1-4-9(14-10)11(16)13-7-8-3-2-6-17-8/h1-6H,7,12H2,(H,13,16)(H,14,15). The molecule has 2 heterocycles. The molecule has 1 amide bonds. The Morgan fingerprint density at radius 1 is 1.35 bits per heavy atom. The highest BCUT2D eigenvalue weighted by Crippen LogP contribution is 2.08. The molecule has 0 aromatic carbocycles. The van der Waals surface area contributed by atoms with Gasteiger partial charge in [-0.15, -0.1) is 11.3 Å². The van der Waals surface area contributed by atoms with Crippen LogP contribution in [-0.2, 0) is 6.54 Å². The van der Waals surface area contributed by atoms with Crippen molar-refractivity contribution in [2.24, 2.45) is 5.84 Å². The van der Waals surface area contributed by atoms with E-state index in [1.165, 1.54) is 0 Å². The molecule has 88 valence electrons. The minimum atomic E-state index is -0.212. The van der Waals surface area contributed by atoms with E-state index in [2.05, 4.69) is 15.7 Å². The van der Waals surface area contributed by atoms with Crippen molar-refractivity contribution >= 4 is 23.1 Å². The molecule has 0 saturated heterocycles. The number of aromatic nitrogens is 1. The summed E-state index contributed by atoms with van der Waals surface area (Å²) < 4.78 is 0. The van der Waals surface area contributed by atoms with Crippen molar-refractivity contribution in [2.45, 2.75) is 6.54 Å². The largest absolute Gasteiger partial charge is 0.346 e. The van der Waals surface area contributed by atoms with Crippen LogP contribution in [0, 0.1) is 0 Å². The highest BCUT2D eigenvalue weighted by Gasteiger charge is 2.07. The zero-order chi connectivity index (χ0) is 12.1. The van der Waals surface area contributed by atoms with Crippen LogP contribution in [0.4, 0.5) is 5.82 Å². The van der Waals surface area contributed by atoms with Gasteiger partial charge in [0.2, 0.25) is 0 Å². The normalized spacial score (nSPS) is 9.94. The van der Waals surface area contributed by atoms with Crippen LogP contribution in [0.25, 0.3) is 0 Å². The maximum atomic E-state index is 11.8. The summed E-state index contributed by atoms with van der Waals surface area (Å²) in [5, 5.41) is 4.76. The van der Waals surface area contributed by atoms with Gasteiger partial charge < -0.3 is 10.7 Å². The van der Waals surface area contributed by atoms with Crippen molar-refractivity contribution in [3.63, 3.8) is 0 Å². The zero-order valence-electron chi connectivity index (χ0n) is 9.01. The van der Waals surface area contributed by atoms with E-state index in [1.54, 1.807) is 29.5 Å². The SMILES string of the molecule is NNc1cccc(C(=O)NCc2cccs2)n1. The lowest BCUT2D eigenvalue weighted by Crippen LogP contribution is -2.24. The second-order valence-electron chi connectivity index (χ2n) is 3.31. The number of hydrogen-bond acceptors (Lipinski definition) is 5. The molecule has 2 aromatic rings. The summed E-state index contributed by atoms with van der Waals surface area (Å²) in [6, 6.07) is 8.97. The summed E-state index contributed by atoms with van der Waals surface area (Å²) in [5.74, 6) is 5.48. The van der Waals surface area contributed by atoms with Gasteiger partial charge in [-0.05, 0) is 23.6 Å². The smallest absolute Gasteiger partial charge is 0.270 e. The lowest BCUT2D eigenvalue weighted by molar-refractivity contribution is 0.0946. The van der Waals surface area contributed by atoms with Crippen LogP contribution in [0.2, 0.25) is 0 Å². The Kier molecular flexibility index (Phi) is 3.69. The molecule has 6 heteroatoms. The van der Waals surface area contributed by atoms with Crippen molar-refractivity contribution in [2.75, 3.05) is 5.43 Å². The first-order valence-corrected chi connectivity index (χ1v) is 5.92. The maximum absolute atomic E-state index is 11.8. The quantitative estimate of drug-likeness (QED) is 0.564. The minimum Gasteiger partial charge on any atom is -0.346 e. The second kappa shape index (κ2) is 5.42. The van der Waals surface area contributed by atoms with Crippen molar-refractivity contribution in [1.82, 2.24) is 10.3 Å². The average molecular weight is 248 g/mol. The van der Waals surface area contributed by atoms with Crippen molar-refractivity contribution in [3.05, 3.63) is 46.3 Å². The molecule has 0 fully saturated rings. The van der Waals surface area contributed by atoms with Crippen LogP contribution in [-0.4, -0.2) is 10.9 Å². The number of hydrazine groups is 1. The van der Waals surface area contributed by atoms with Crippen LogP contribution in [0.5, 0.6) is 0 Å². The van der Waals surface area contributed by atoms with Crippen LogP contribution >= 0.6 is 11.3 Å². The molecule has 0 unspecified atom stereocenters. The molecule has 5 nitrogen and oxygen atoms in total. The molecular weight excluding hydrogens is 236 g/mol. The van der Waals surface area contributed by atoms with Gasteiger partial charge in [-0.3, -0.25) is 4.79 Å². The number of nitrogens with one attached hydrogen (secondary N) is 2. The monoisotopic (exact) mass is 248 g/mol. The average Bonchev–Trinajstić information content (AvgIpc) is 2.89. The fraction of sp³-hybridized carbons (Fsp3) is 0.0909. The Hall–Kier alpha value is -1.92. The fourth-order valence-electron chi connectivity index (χ4n) is 1.31. The number of pyridine rings is 1. The second-order valence-corrected chi connectivity index (χ2v) is 4.35. The molecule has 0 aliphatic heterocycles. The summed E-state index contributed by atoms with van der Waals surface area (Å²) in [5.41, 5.74) is 2.75. The van der Waals surface area contributed by atoms with E-state index >= 15 is 0 Å². The first-order chi connectivity index (χ1) is 8.29. The predicted octanol–water partition coefficient (Wildman–Crippen LogP) is 1.36. The third-order valence-corrected chi connectivity index (χ3v) is 3.01. The van der Waals surface area contributed by atoms with Crippen molar-refractivity contribution in [1.29, 1.82) is 0 Å². The molecule has 0 aliphatic rings. The molecule has 0 atom stereocenters. The van der Waals surface area contributed by atoms with E-state index in [4.69, 9.17) is 5.84 Å². The van der Waals surface area contributed by atoms with Gasteiger partial charge in [-0.25, -0.2) is 10.8 Å². The van der Waals surface area contributed by atoms with E-state index in [0.29, 0.717) is 18.1 Å². The molecule has 2 rings (SSSR count).